The summed E-state index contributed by atoms with van der Waals surface area (Å²) in [6.45, 7) is 1.50. The Labute approximate surface area is 350 Å². The number of hydrogen-bond acceptors (Lipinski definition) is 13. The molecule has 1 saturated heterocycles. The molecule has 64 heavy (non-hydrogen) atoms. The summed E-state index contributed by atoms with van der Waals surface area (Å²) in [6.07, 6.45) is -9.89. The first-order valence-corrected chi connectivity index (χ1v) is 17.9. The number of carboxylic acid groups (broad SMARTS) is 3. The molecular weight excluding hydrogens is 904 g/mol. The van der Waals surface area contributed by atoms with Gasteiger partial charge in [-0.05, 0) is 31.7 Å². The van der Waals surface area contributed by atoms with Crippen LogP contribution in [0.2, 0.25) is 0 Å². The van der Waals surface area contributed by atoms with Crippen molar-refractivity contribution in [3.8, 4) is 23.2 Å². The first-order chi connectivity index (χ1) is 29.6. The maximum Gasteiger partial charge on any atom is 0.490 e. The van der Waals surface area contributed by atoms with E-state index in [9.17, 15) is 57.9 Å². The normalized spacial score (nSPS) is 17.5. The molecule has 2 fully saturated rings. The van der Waals surface area contributed by atoms with Crippen molar-refractivity contribution in [2.24, 2.45) is 0 Å². The number of fused-ring (bicyclic) bond motifs is 1. The van der Waals surface area contributed by atoms with Crippen LogP contribution in [0.1, 0.15) is 43.6 Å². The number of ether oxygens (including phenoxy) is 1. The second-order valence-corrected chi connectivity index (χ2v) is 13.5. The van der Waals surface area contributed by atoms with E-state index in [-0.39, 0.29) is 43.4 Å². The molecule has 4 aromatic rings. The van der Waals surface area contributed by atoms with Crippen molar-refractivity contribution in [3.05, 3.63) is 48.6 Å². The van der Waals surface area contributed by atoms with Gasteiger partial charge in [0.25, 0.3) is 0 Å². The number of rotatable bonds is 10. The third kappa shape index (κ3) is 14.9. The minimum atomic E-state index is -5.08. The first kappa shape index (κ1) is 52.0. The van der Waals surface area contributed by atoms with Crippen LogP contribution in [0.15, 0.2) is 37.1 Å². The van der Waals surface area contributed by atoms with E-state index in [0.29, 0.717) is 32.4 Å². The monoisotopic (exact) mass is 938 g/mol. The second kappa shape index (κ2) is 21.3. The van der Waals surface area contributed by atoms with Crippen molar-refractivity contribution in [3.63, 3.8) is 0 Å². The van der Waals surface area contributed by atoms with Gasteiger partial charge < -0.3 is 35.5 Å². The van der Waals surface area contributed by atoms with Gasteiger partial charge in [0.1, 0.15) is 23.6 Å². The number of H-pyrrole nitrogens is 1. The number of halogens is 12. The molecule has 0 unspecified atom stereocenters. The number of aliphatic hydroxyl groups is 1. The Morgan fingerprint density at radius 3 is 1.95 bits per heavy atom. The molecule has 0 spiro atoms. The van der Waals surface area contributed by atoms with E-state index in [2.05, 4.69) is 46.3 Å². The van der Waals surface area contributed by atoms with Crippen LogP contribution in [0, 0.1) is 11.3 Å². The maximum atomic E-state index is 13.4. The van der Waals surface area contributed by atoms with E-state index in [1.807, 2.05) is 23.1 Å². The molecule has 6 rings (SSSR count). The lowest BCUT2D eigenvalue weighted by Gasteiger charge is -2.53. The average molecular weight is 939 g/mol. The van der Waals surface area contributed by atoms with Gasteiger partial charge in [-0.25, -0.2) is 29.3 Å². The third-order valence-corrected chi connectivity index (χ3v) is 8.88. The third-order valence-electron chi connectivity index (χ3n) is 8.88. The molecule has 1 saturated carbocycles. The van der Waals surface area contributed by atoms with E-state index < -0.39 is 54.0 Å². The fourth-order valence-electron chi connectivity index (χ4n) is 6.00. The molecule has 18 nitrogen and oxygen atoms in total. The fraction of sp³-hybridized carbons (Fsp3) is 0.500. The summed E-state index contributed by atoms with van der Waals surface area (Å²) in [4.78, 5) is 48.0. The minimum absolute atomic E-state index is 0.0575. The lowest BCUT2D eigenvalue weighted by molar-refractivity contribution is -0.193. The Kier molecular flexibility index (Phi) is 17.3. The number of nitrogens with zero attached hydrogens (tertiary/aromatic N) is 8. The molecule has 1 aliphatic carbocycles. The Morgan fingerprint density at radius 1 is 0.891 bits per heavy atom. The minimum Gasteiger partial charge on any atom is -0.475 e. The lowest BCUT2D eigenvalue weighted by atomic mass is 9.82. The smallest absolute Gasteiger partial charge is 0.475 e. The second-order valence-electron chi connectivity index (χ2n) is 13.5. The summed E-state index contributed by atoms with van der Waals surface area (Å²) in [7, 11) is 0. The zero-order valence-electron chi connectivity index (χ0n) is 32.2. The van der Waals surface area contributed by atoms with Crippen LogP contribution in [0.4, 0.5) is 52.7 Å². The summed E-state index contributed by atoms with van der Waals surface area (Å²) in [5.41, 5.74) is 2.08. The summed E-state index contributed by atoms with van der Waals surface area (Å²) in [6, 6.07) is 5.94. The van der Waals surface area contributed by atoms with E-state index in [4.69, 9.17) is 39.5 Å². The maximum absolute atomic E-state index is 13.4. The van der Waals surface area contributed by atoms with Gasteiger partial charge in [-0.1, -0.05) is 0 Å². The van der Waals surface area contributed by atoms with Gasteiger partial charge >= 0.3 is 42.6 Å². The summed E-state index contributed by atoms with van der Waals surface area (Å²) in [5.74, 6) is -9.61. The highest BCUT2D eigenvalue weighted by molar-refractivity contribution is 5.90. The molecule has 0 aromatic carbocycles. The van der Waals surface area contributed by atoms with Crippen LogP contribution >= 0.6 is 0 Å². The van der Waals surface area contributed by atoms with Gasteiger partial charge in [-0.3, -0.25) is 9.58 Å². The fourth-order valence-corrected chi connectivity index (χ4v) is 6.00. The highest BCUT2D eigenvalue weighted by atomic mass is 19.4. The molecule has 352 valence electrons. The van der Waals surface area contributed by atoms with Crippen molar-refractivity contribution < 1.29 is 92.2 Å². The number of likely N-dealkylation sites (tertiary alicyclic amines) is 1. The first-order valence-electron chi connectivity index (χ1n) is 17.9. The number of aliphatic carboxylic acids is 3. The van der Waals surface area contributed by atoms with Crippen molar-refractivity contribution >= 4 is 28.9 Å². The number of hydrogen-bond donors (Lipinski definition) is 6. The van der Waals surface area contributed by atoms with Crippen LogP contribution in [-0.2, 0) is 32.6 Å². The SMILES string of the molecule is N#CCC1(n2cc(-c3ncnc4[nH]ccc34)cn2)CN(C2CCC(Oc3cc(CNCCO)nc(C(F)(F)F)n3)CC2)C1.O=C(O)C(F)(F)F.O=C(O)C(F)(F)F.O=C(O)C(F)(F)F. The molecule has 30 heteroatoms. The Balaban J connectivity index is 0.000000429. The number of alkyl halides is 12. The Bertz CT molecular complexity index is 2170. The predicted molar refractivity (Wildman–Crippen MR) is 188 cm³/mol. The van der Waals surface area contributed by atoms with Crippen LogP contribution in [0.25, 0.3) is 22.3 Å². The number of aliphatic hydroxyl groups excluding tert-OH is 1. The molecule has 0 bridgehead atoms. The number of carbonyl (C=O) groups is 3. The van der Waals surface area contributed by atoms with E-state index in [1.54, 1.807) is 6.20 Å². The van der Waals surface area contributed by atoms with Crippen LogP contribution in [0.5, 0.6) is 5.88 Å². The quantitative estimate of drug-likeness (QED) is 0.0910. The molecule has 0 radical (unpaired) electrons. The molecule has 4 aromatic heterocycles. The van der Waals surface area contributed by atoms with Crippen molar-refractivity contribution in [1.82, 2.24) is 44.9 Å². The lowest BCUT2D eigenvalue weighted by Crippen LogP contribution is -2.65. The zero-order chi connectivity index (χ0) is 48.3. The van der Waals surface area contributed by atoms with E-state index >= 15 is 0 Å². The highest BCUT2D eigenvalue weighted by Crippen LogP contribution is 2.39. The molecule has 0 amide bonds. The average Bonchev–Trinajstić information content (AvgIpc) is 3.87. The molecule has 5 heterocycles. The van der Waals surface area contributed by atoms with Crippen LogP contribution in [0.3, 0.4) is 0 Å². The highest BCUT2D eigenvalue weighted by Gasteiger charge is 2.48. The van der Waals surface area contributed by atoms with Crippen molar-refractivity contribution in [2.45, 2.75) is 81.0 Å². The standard InChI is InChI=1S/C28H31F3N10O2.3C2HF3O2/c29-28(30,31)26-38-19(13-33-9-10-42)11-23(39-26)43-21-3-1-20(2-4-21)40-15-27(16-40,6-7-32)41-14-18(12-37-41)24-22-5-8-34-25(22)36-17-35-24;3*3-2(4,5)1(6)7/h5,8,11-12,14,17,20-21,33,42H,1-4,6,9-10,13,15-16H2,(H,34,35,36);3*(H,6,7). The van der Waals surface area contributed by atoms with Gasteiger partial charge in [0.2, 0.25) is 11.7 Å². The molecule has 2 aliphatic rings. The number of nitrogens with one attached hydrogen (secondary N) is 2. The molecule has 6 N–H and O–H groups in total. The number of carboxylic acids is 3. The van der Waals surface area contributed by atoms with Crippen LogP contribution < -0.4 is 10.1 Å². The molecule has 0 atom stereocenters. The largest absolute Gasteiger partial charge is 0.490 e. The van der Waals surface area contributed by atoms with Gasteiger partial charge in [0.15, 0.2) is 0 Å². The van der Waals surface area contributed by atoms with E-state index in [1.165, 1.54) is 12.4 Å². The number of aromatic amines is 1. The number of nitriles is 1. The van der Waals surface area contributed by atoms with Crippen LogP contribution in [-0.4, -0.2) is 135 Å². The van der Waals surface area contributed by atoms with Gasteiger partial charge in [0, 0.05) is 61.6 Å². The Hall–Kier alpha value is -6.35. The van der Waals surface area contributed by atoms with Gasteiger partial charge in [-0.2, -0.15) is 68.0 Å². The molecular formula is C34H34F12N10O8. The number of aromatic nitrogens is 7. The predicted octanol–water partition coefficient (Wildman–Crippen LogP) is 4.93. The van der Waals surface area contributed by atoms with E-state index in [0.717, 1.165) is 35.1 Å². The van der Waals surface area contributed by atoms with Crippen molar-refractivity contribution in [1.29, 1.82) is 5.26 Å². The van der Waals surface area contributed by atoms with Crippen molar-refractivity contribution in [2.75, 3.05) is 26.2 Å². The Morgan fingerprint density at radius 2 is 1.45 bits per heavy atom. The summed E-state index contributed by atoms with van der Waals surface area (Å²) < 4.78 is 143. The summed E-state index contributed by atoms with van der Waals surface area (Å²) >= 11 is 0. The summed E-state index contributed by atoms with van der Waals surface area (Å²) in [5, 5.41) is 48.3. The topological polar surface area (TPSA) is 266 Å². The van der Waals surface area contributed by atoms with Gasteiger partial charge in [-0.15, -0.1) is 0 Å². The molecule has 1 aliphatic heterocycles. The van der Waals surface area contributed by atoms with Gasteiger partial charge in [0.05, 0.1) is 36.7 Å². The zero-order valence-corrected chi connectivity index (χ0v) is 32.2.